The lowest BCUT2D eigenvalue weighted by molar-refractivity contribution is 0.318. The van der Waals surface area contributed by atoms with Crippen LogP contribution in [0.5, 0.6) is 0 Å². The first-order chi connectivity index (χ1) is 5.88. The predicted molar refractivity (Wildman–Crippen MR) is 51.1 cm³/mol. The fraction of sp³-hybridized carbons (Fsp3) is 0.200. The monoisotopic (exact) mass is 163 g/mol. The molecule has 0 saturated carbocycles. The number of aromatic nitrogens is 1. The van der Waals surface area contributed by atoms with Gasteiger partial charge in [-0.1, -0.05) is 18.2 Å². The number of H-pyrrole nitrogens is 1. The van der Waals surface area contributed by atoms with E-state index in [0.717, 1.165) is 0 Å². The summed E-state index contributed by atoms with van der Waals surface area (Å²) in [5.41, 5.74) is 1.21. The predicted octanol–water partition coefficient (Wildman–Crippen LogP) is 2.17. The highest BCUT2D eigenvalue weighted by Gasteiger charge is 1.86. The Morgan fingerprint density at radius 2 is 1.92 bits per heavy atom. The lowest BCUT2D eigenvalue weighted by Crippen LogP contribution is -1.61. The van der Waals surface area contributed by atoms with Crippen molar-refractivity contribution in [1.82, 2.24) is 4.98 Å². The van der Waals surface area contributed by atoms with Gasteiger partial charge in [-0.25, -0.2) is 0 Å². The first kappa shape index (κ1) is 8.81. The molecule has 0 aliphatic carbocycles. The second kappa shape index (κ2) is 4.57. The van der Waals surface area contributed by atoms with E-state index in [1.807, 2.05) is 18.3 Å². The summed E-state index contributed by atoms with van der Waals surface area (Å²) in [6.07, 6.45) is 1.95. The minimum Gasteiger partial charge on any atom is -0.397 e. The van der Waals surface area contributed by atoms with Gasteiger partial charge >= 0.3 is 0 Å². The van der Waals surface area contributed by atoms with E-state index >= 15 is 0 Å². The molecule has 0 radical (unpaired) electrons. The average molecular weight is 163 g/mol. The van der Waals surface area contributed by atoms with Gasteiger partial charge in [0.2, 0.25) is 0 Å². The molecule has 2 N–H and O–H groups in total. The molecule has 0 unspecified atom stereocenters. The second-order valence-electron chi connectivity index (χ2n) is 2.38. The number of hydrogen-bond acceptors (Lipinski definition) is 1. The molecule has 0 saturated heterocycles. The minimum absolute atomic E-state index is 0.250. The van der Waals surface area contributed by atoms with E-state index in [1.165, 1.54) is 10.9 Å². The molecule has 2 nitrogen and oxygen atoms in total. The summed E-state index contributed by atoms with van der Waals surface area (Å²) in [7, 11) is 0. The molecule has 2 heteroatoms. The molecule has 0 amide bonds. The SMILES string of the molecule is CCO.c1ccc2[nH]ccc2c1. The number of fused-ring (bicyclic) bond motifs is 1. The summed E-state index contributed by atoms with van der Waals surface area (Å²) in [6.45, 7) is 1.93. The van der Waals surface area contributed by atoms with E-state index in [0.29, 0.717) is 0 Å². The van der Waals surface area contributed by atoms with Crippen LogP contribution in [0.25, 0.3) is 10.9 Å². The van der Waals surface area contributed by atoms with E-state index in [1.54, 1.807) is 6.92 Å². The Hall–Kier alpha value is -1.28. The van der Waals surface area contributed by atoms with Crippen molar-refractivity contribution in [3.05, 3.63) is 36.5 Å². The summed E-state index contributed by atoms with van der Waals surface area (Å²) in [5.74, 6) is 0. The number of benzene rings is 1. The molecule has 1 heterocycles. The van der Waals surface area contributed by atoms with Gasteiger partial charge in [-0.2, -0.15) is 0 Å². The van der Waals surface area contributed by atoms with Crippen LogP contribution in [-0.4, -0.2) is 16.7 Å². The molecule has 2 rings (SSSR count). The number of aliphatic hydroxyl groups is 1. The van der Waals surface area contributed by atoms with Gasteiger partial charge in [0.25, 0.3) is 0 Å². The molecule has 0 atom stereocenters. The van der Waals surface area contributed by atoms with Crippen LogP contribution >= 0.6 is 0 Å². The van der Waals surface area contributed by atoms with Gasteiger partial charge in [0.15, 0.2) is 0 Å². The van der Waals surface area contributed by atoms with Crippen molar-refractivity contribution < 1.29 is 5.11 Å². The Morgan fingerprint density at radius 1 is 1.25 bits per heavy atom. The van der Waals surface area contributed by atoms with Crippen LogP contribution in [0.15, 0.2) is 36.5 Å². The zero-order valence-electron chi connectivity index (χ0n) is 7.12. The number of nitrogens with one attached hydrogen (secondary N) is 1. The van der Waals surface area contributed by atoms with Gasteiger partial charge in [0, 0.05) is 18.3 Å². The molecular formula is C10H13NO. The largest absolute Gasteiger partial charge is 0.397 e. The zero-order valence-corrected chi connectivity index (χ0v) is 7.12. The average Bonchev–Trinajstić information content (AvgIpc) is 2.52. The minimum atomic E-state index is 0.250. The van der Waals surface area contributed by atoms with E-state index in [4.69, 9.17) is 5.11 Å². The van der Waals surface area contributed by atoms with Gasteiger partial charge in [0.05, 0.1) is 0 Å². The Balaban J connectivity index is 0.000000213. The number of para-hydroxylation sites is 1. The van der Waals surface area contributed by atoms with Gasteiger partial charge in [-0.3, -0.25) is 0 Å². The third-order valence-corrected chi connectivity index (χ3v) is 1.46. The Labute approximate surface area is 71.9 Å². The number of aromatic amines is 1. The third-order valence-electron chi connectivity index (χ3n) is 1.46. The molecule has 2 aromatic rings. The second-order valence-corrected chi connectivity index (χ2v) is 2.38. The highest BCUT2D eigenvalue weighted by Crippen LogP contribution is 2.09. The smallest absolute Gasteiger partial charge is 0.0453 e. The normalized spacial score (nSPS) is 9.17. The molecule has 0 aliphatic rings. The lowest BCUT2D eigenvalue weighted by Gasteiger charge is -1.83. The number of hydrogen-bond donors (Lipinski definition) is 2. The summed E-state index contributed by atoms with van der Waals surface area (Å²) in [6, 6.07) is 10.3. The summed E-state index contributed by atoms with van der Waals surface area (Å²) >= 11 is 0. The van der Waals surface area contributed by atoms with Crippen molar-refractivity contribution in [3.63, 3.8) is 0 Å². The van der Waals surface area contributed by atoms with Crippen LogP contribution < -0.4 is 0 Å². The number of rotatable bonds is 0. The Bertz CT molecular complexity index is 297. The molecule has 0 aliphatic heterocycles. The topological polar surface area (TPSA) is 36.0 Å². The highest BCUT2D eigenvalue weighted by molar-refractivity contribution is 5.78. The fourth-order valence-electron chi connectivity index (χ4n) is 0.995. The van der Waals surface area contributed by atoms with Crippen molar-refractivity contribution >= 4 is 10.9 Å². The molecular weight excluding hydrogens is 150 g/mol. The Kier molecular flexibility index (Phi) is 3.35. The molecule has 0 bridgehead atoms. The van der Waals surface area contributed by atoms with Crippen LogP contribution in [-0.2, 0) is 0 Å². The van der Waals surface area contributed by atoms with Crippen LogP contribution in [0.1, 0.15) is 6.92 Å². The maximum absolute atomic E-state index is 7.57. The molecule has 64 valence electrons. The first-order valence-electron chi connectivity index (χ1n) is 4.01. The van der Waals surface area contributed by atoms with Crippen molar-refractivity contribution in [2.75, 3.05) is 6.61 Å². The summed E-state index contributed by atoms with van der Waals surface area (Å²) in [5, 5.41) is 8.84. The molecule has 1 aromatic carbocycles. The van der Waals surface area contributed by atoms with Gasteiger partial charge in [-0.05, 0) is 24.4 Å². The fourth-order valence-corrected chi connectivity index (χ4v) is 0.995. The van der Waals surface area contributed by atoms with Crippen LogP contribution in [0, 0.1) is 0 Å². The van der Waals surface area contributed by atoms with Crippen molar-refractivity contribution in [2.45, 2.75) is 6.92 Å². The highest BCUT2D eigenvalue weighted by atomic mass is 16.2. The van der Waals surface area contributed by atoms with Crippen LogP contribution in [0.3, 0.4) is 0 Å². The van der Waals surface area contributed by atoms with E-state index in [2.05, 4.69) is 23.2 Å². The Morgan fingerprint density at radius 3 is 2.58 bits per heavy atom. The van der Waals surface area contributed by atoms with Crippen molar-refractivity contribution in [2.24, 2.45) is 0 Å². The quantitative estimate of drug-likeness (QED) is 0.613. The number of aliphatic hydroxyl groups excluding tert-OH is 1. The van der Waals surface area contributed by atoms with E-state index in [-0.39, 0.29) is 6.61 Å². The first-order valence-corrected chi connectivity index (χ1v) is 4.01. The molecule has 0 spiro atoms. The lowest BCUT2D eigenvalue weighted by atomic mass is 10.3. The summed E-state index contributed by atoms with van der Waals surface area (Å²) < 4.78 is 0. The molecule has 0 fully saturated rings. The standard InChI is InChI=1S/C8H7N.C2H6O/c1-2-4-8-7(3-1)5-6-9-8;1-2-3/h1-6,9H;3H,2H2,1H3. The van der Waals surface area contributed by atoms with Gasteiger partial charge < -0.3 is 10.1 Å². The zero-order chi connectivity index (χ0) is 8.81. The molecule has 12 heavy (non-hydrogen) atoms. The summed E-state index contributed by atoms with van der Waals surface area (Å²) in [4.78, 5) is 3.12. The molecule has 1 aromatic heterocycles. The third kappa shape index (κ3) is 2.10. The van der Waals surface area contributed by atoms with Crippen LogP contribution in [0.4, 0.5) is 0 Å². The van der Waals surface area contributed by atoms with Crippen LogP contribution in [0.2, 0.25) is 0 Å². The van der Waals surface area contributed by atoms with Gasteiger partial charge in [-0.15, -0.1) is 0 Å². The van der Waals surface area contributed by atoms with Crippen molar-refractivity contribution in [1.29, 1.82) is 0 Å². The van der Waals surface area contributed by atoms with Crippen molar-refractivity contribution in [3.8, 4) is 0 Å². The van der Waals surface area contributed by atoms with E-state index < -0.39 is 0 Å². The van der Waals surface area contributed by atoms with Gasteiger partial charge in [0.1, 0.15) is 0 Å². The maximum Gasteiger partial charge on any atom is 0.0453 e. The maximum atomic E-state index is 7.57. The van der Waals surface area contributed by atoms with E-state index in [9.17, 15) is 0 Å².